The molecule has 0 saturated heterocycles. The zero-order valence-electron chi connectivity index (χ0n) is 10.7. The molecule has 0 aliphatic rings. The summed E-state index contributed by atoms with van der Waals surface area (Å²) >= 11 is 9.07. The van der Waals surface area contributed by atoms with E-state index in [0.717, 1.165) is 4.47 Å². The van der Waals surface area contributed by atoms with E-state index in [1.807, 2.05) is 6.07 Å². The molecule has 0 aliphatic heterocycles. The Kier molecular flexibility index (Phi) is 5.02. The van der Waals surface area contributed by atoms with Gasteiger partial charge in [0, 0.05) is 15.6 Å². The van der Waals surface area contributed by atoms with E-state index in [-0.39, 0.29) is 11.6 Å². The minimum atomic E-state index is -0.665. The van der Waals surface area contributed by atoms with Gasteiger partial charge in [0.15, 0.2) is 0 Å². The van der Waals surface area contributed by atoms with Crippen LogP contribution in [0, 0.1) is 5.82 Å². The lowest BCUT2D eigenvalue weighted by molar-refractivity contribution is 0.190. The molecule has 1 unspecified atom stereocenters. The van der Waals surface area contributed by atoms with Crippen molar-refractivity contribution in [1.82, 2.24) is 0 Å². The molecule has 0 amide bonds. The number of rotatable bonds is 4. The van der Waals surface area contributed by atoms with Crippen molar-refractivity contribution in [2.24, 2.45) is 0 Å². The molecule has 20 heavy (non-hydrogen) atoms. The topological polar surface area (TPSA) is 29.5 Å². The van der Waals surface area contributed by atoms with E-state index in [1.54, 1.807) is 31.2 Å². The first-order valence-corrected chi connectivity index (χ1v) is 7.19. The summed E-state index contributed by atoms with van der Waals surface area (Å²) in [6.45, 7) is 1.69. The van der Waals surface area contributed by atoms with Crippen molar-refractivity contribution in [3.8, 4) is 5.75 Å². The molecule has 2 rings (SSSR count). The molecule has 0 aliphatic carbocycles. The Morgan fingerprint density at radius 3 is 2.80 bits per heavy atom. The van der Waals surface area contributed by atoms with Gasteiger partial charge in [-0.2, -0.15) is 0 Å². The summed E-state index contributed by atoms with van der Waals surface area (Å²) < 4.78 is 20.2. The zero-order valence-corrected chi connectivity index (χ0v) is 13.1. The van der Waals surface area contributed by atoms with Gasteiger partial charge in [0.05, 0.1) is 11.1 Å². The van der Waals surface area contributed by atoms with Crippen LogP contribution in [-0.4, -0.2) is 5.11 Å². The highest BCUT2D eigenvalue weighted by Gasteiger charge is 2.12. The molecule has 0 heterocycles. The Labute approximate surface area is 130 Å². The van der Waals surface area contributed by atoms with Gasteiger partial charge in [0.25, 0.3) is 0 Å². The minimum Gasteiger partial charge on any atom is -0.488 e. The largest absolute Gasteiger partial charge is 0.488 e. The molecule has 0 bridgehead atoms. The maximum Gasteiger partial charge on any atom is 0.148 e. The van der Waals surface area contributed by atoms with Gasteiger partial charge in [-0.25, -0.2) is 4.39 Å². The Morgan fingerprint density at radius 1 is 1.35 bits per heavy atom. The first-order chi connectivity index (χ1) is 9.49. The third kappa shape index (κ3) is 3.51. The maximum atomic E-state index is 13.8. The standard InChI is InChI=1S/C15H13BrClFO2/c1-9(19)12-6-5-11(16)7-14(12)20-8-10-3-2-4-13(17)15(10)18/h2-7,9,19H,8H2,1H3. The number of benzene rings is 2. The van der Waals surface area contributed by atoms with Gasteiger partial charge in [0.2, 0.25) is 0 Å². The lowest BCUT2D eigenvalue weighted by Gasteiger charge is -2.14. The minimum absolute atomic E-state index is 0.0442. The number of hydrogen-bond acceptors (Lipinski definition) is 2. The molecule has 2 aromatic rings. The third-order valence-electron chi connectivity index (χ3n) is 2.84. The fourth-order valence-corrected chi connectivity index (χ4v) is 2.33. The number of aliphatic hydroxyl groups excluding tert-OH is 1. The van der Waals surface area contributed by atoms with Crippen LogP contribution in [0.15, 0.2) is 40.9 Å². The van der Waals surface area contributed by atoms with Crippen LogP contribution in [0.1, 0.15) is 24.2 Å². The Balaban J connectivity index is 2.22. The van der Waals surface area contributed by atoms with Crippen molar-refractivity contribution in [1.29, 1.82) is 0 Å². The lowest BCUT2D eigenvalue weighted by atomic mass is 10.1. The summed E-state index contributed by atoms with van der Waals surface area (Å²) in [6.07, 6.45) is -0.665. The van der Waals surface area contributed by atoms with Crippen molar-refractivity contribution in [2.75, 3.05) is 0 Å². The summed E-state index contributed by atoms with van der Waals surface area (Å²) in [4.78, 5) is 0. The molecule has 1 N–H and O–H groups in total. The van der Waals surface area contributed by atoms with Crippen molar-refractivity contribution in [2.45, 2.75) is 19.6 Å². The second-order valence-corrected chi connectivity index (χ2v) is 5.68. The van der Waals surface area contributed by atoms with E-state index in [1.165, 1.54) is 6.07 Å². The maximum absolute atomic E-state index is 13.8. The smallest absolute Gasteiger partial charge is 0.148 e. The molecule has 2 nitrogen and oxygen atoms in total. The molecule has 0 aromatic heterocycles. The van der Waals surface area contributed by atoms with E-state index < -0.39 is 11.9 Å². The van der Waals surface area contributed by atoms with Gasteiger partial charge in [-0.3, -0.25) is 0 Å². The van der Waals surface area contributed by atoms with Gasteiger partial charge in [0.1, 0.15) is 18.2 Å². The number of aliphatic hydroxyl groups is 1. The number of ether oxygens (including phenoxy) is 1. The van der Waals surface area contributed by atoms with Crippen LogP contribution in [0.5, 0.6) is 5.75 Å². The van der Waals surface area contributed by atoms with Crippen LogP contribution >= 0.6 is 27.5 Å². The summed E-state index contributed by atoms with van der Waals surface area (Å²) in [5.41, 5.74) is 1.02. The van der Waals surface area contributed by atoms with Crippen molar-refractivity contribution in [3.05, 3.63) is 62.8 Å². The number of hydrogen-bond donors (Lipinski definition) is 1. The first kappa shape index (κ1) is 15.3. The van der Waals surface area contributed by atoms with Gasteiger partial charge in [-0.05, 0) is 25.1 Å². The van der Waals surface area contributed by atoms with Gasteiger partial charge >= 0.3 is 0 Å². The van der Waals surface area contributed by atoms with Crippen molar-refractivity contribution < 1.29 is 14.2 Å². The van der Waals surface area contributed by atoms with Crippen LogP contribution in [0.25, 0.3) is 0 Å². The highest BCUT2D eigenvalue weighted by Crippen LogP contribution is 2.29. The molecule has 1 atom stereocenters. The van der Waals surface area contributed by atoms with Crippen molar-refractivity contribution >= 4 is 27.5 Å². The average Bonchev–Trinajstić information content (AvgIpc) is 2.40. The molecule has 0 saturated carbocycles. The molecule has 106 valence electrons. The molecule has 0 fully saturated rings. The van der Waals surface area contributed by atoms with Crippen molar-refractivity contribution in [3.63, 3.8) is 0 Å². The van der Waals surface area contributed by atoms with Crippen LogP contribution in [0.2, 0.25) is 5.02 Å². The molecule has 2 aromatic carbocycles. The predicted molar refractivity (Wildman–Crippen MR) is 80.5 cm³/mol. The van der Waals surface area contributed by atoms with E-state index >= 15 is 0 Å². The monoisotopic (exact) mass is 358 g/mol. The Morgan fingerprint density at radius 2 is 2.10 bits per heavy atom. The fraction of sp³-hybridized carbons (Fsp3) is 0.200. The van der Waals surface area contributed by atoms with Gasteiger partial charge in [-0.1, -0.05) is 45.7 Å². The van der Waals surface area contributed by atoms with Gasteiger partial charge < -0.3 is 9.84 Å². The molecule has 0 spiro atoms. The summed E-state index contributed by atoms with van der Waals surface area (Å²) in [5, 5.41) is 9.77. The molecular formula is C15H13BrClFO2. The highest BCUT2D eigenvalue weighted by molar-refractivity contribution is 9.10. The zero-order chi connectivity index (χ0) is 14.7. The molecule has 5 heteroatoms. The van der Waals surface area contributed by atoms with E-state index in [4.69, 9.17) is 16.3 Å². The third-order valence-corrected chi connectivity index (χ3v) is 3.63. The second kappa shape index (κ2) is 6.57. The van der Waals surface area contributed by atoms with E-state index in [2.05, 4.69) is 15.9 Å². The summed E-state index contributed by atoms with van der Waals surface area (Å²) in [6, 6.07) is 10.1. The Bertz CT molecular complexity index is 617. The second-order valence-electron chi connectivity index (χ2n) is 4.36. The predicted octanol–water partition coefficient (Wildman–Crippen LogP) is 4.87. The SMILES string of the molecule is CC(O)c1ccc(Br)cc1OCc1cccc(Cl)c1F. The summed E-state index contributed by atoms with van der Waals surface area (Å²) in [5.74, 6) is 0.0245. The van der Waals surface area contributed by atoms with Crippen LogP contribution < -0.4 is 4.74 Å². The quantitative estimate of drug-likeness (QED) is 0.843. The number of halogens is 3. The average molecular weight is 360 g/mol. The van der Waals surface area contributed by atoms with Gasteiger partial charge in [-0.15, -0.1) is 0 Å². The first-order valence-electron chi connectivity index (χ1n) is 6.02. The Hall–Kier alpha value is -1.10. The molecular weight excluding hydrogens is 347 g/mol. The normalized spacial score (nSPS) is 12.2. The fourth-order valence-electron chi connectivity index (χ4n) is 1.79. The van der Waals surface area contributed by atoms with E-state index in [0.29, 0.717) is 16.9 Å². The van der Waals surface area contributed by atoms with Crippen LogP contribution in [-0.2, 0) is 6.61 Å². The highest BCUT2D eigenvalue weighted by atomic mass is 79.9. The lowest BCUT2D eigenvalue weighted by Crippen LogP contribution is -2.03. The summed E-state index contributed by atoms with van der Waals surface area (Å²) in [7, 11) is 0. The van der Waals surface area contributed by atoms with Crippen LogP contribution in [0.4, 0.5) is 4.39 Å². The van der Waals surface area contributed by atoms with E-state index in [9.17, 15) is 9.50 Å². The van der Waals surface area contributed by atoms with Crippen LogP contribution in [0.3, 0.4) is 0 Å². The molecule has 0 radical (unpaired) electrons.